The first-order valence-electron chi connectivity index (χ1n) is 10.2. The Hall–Kier alpha value is -1.85. The number of rotatable bonds is 2. The van der Waals surface area contributed by atoms with E-state index in [1.165, 1.54) is 23.4 Å². The Morgan fingerprint density at radius 2 is 2.26 bits per heavy atom. The third-order valence-corrected chi connectivity index (χ3v) is 8.48. The quantitative estimate of drug-likeness (QED) is 0.628. The highest BCUT2D eigenvalue weighted by molar-refractivity contribution is 5.67. The lowest BCUT2D eigenvalue weighted by atomic mass is 9.54. The predicted molar refractivity (Wildman–Crippen MR) is 98.9 cm³/mol. The third-order valence-electron chi connectivity index (χ3n) is 8.48. The van der Waals surface area contributed by atoms with Gasteiger partial charge in [0.25, 0.3) is 0 Å². The van der Waals surface area contributed by atoms with Gasteiger partial charge in [0.1, 0.15) is 12.6 Å². The number of likely N-dealkylation sites (N-methyl/N-ethyl adjacent to an activating group) is 1. The molecule has 0 aromatic heterocycles. The number of carbonyl (C=O) groups is 1. The highest BCUT2D eigenvalue weighted by Gasteiger charge is 2.71. The Bertz CT molecular complexity index is 867. The molecular formula is C22H26N2O3. The molecule has 2 bridgehead atoms. The Labute approximate surface area is 159 Å². The van der Waals surface area contributed by atoms with Crippen molar-refractivity contribution in [1.29, 1.82) is 0 Å². The zero-order valence-electron chi connectivity index (χ0n) is 15.7. The van der Waals surface area contributed by atoms with Crippen molar-refractivity contribution in [3.63, 3.8) is 0 Å². The SMILES string of the molecule is C[N+]12CC[C@]34c5ccccc5N[C@H]3[C@@H]3[C@H](CC(=O)[O-])OCC=C(C1)[C@@H]3C[C@@H]42. The molecule has 5 nitrogen and oxygen atoms in total. The molecule has 3 fully saturated rings. The molecule has 4 aliphatic heterocycles. The number of hydrogen-bond acceptors (Lipinski definition) is 4. The number of nitrogens with zero attached hydrogens (tertiary/aromatic N) is 1. The van der Waals surface area contributed by atoms with Gasteiger partial charge in [-0.2, -0.15) is 0 Å². The van der Waals surface area contributed by atoms with Crippen molar-refractivity contribution in [2.75, 3.05) is 32.1 Å². The van der Waals surface area contributed by atoms with Gasteiger partial charge in [-0.15, -0.1) is 0 Å². The van der Waals surface area contributed by atoms with E-state index >= 15 is 0 Å². The molecule has 1 N–H and O–H groups in total. The molecular weight excluding hydrogens is 340 g/mol. The van der Waals surface area contributed by atoms with Crippen LogP contribution in [0.1, 0.15) is 24.8 Å². The summed E-state index contributed by atoms with van der Waals surface area (Å²) in [5, 5.41) is 15.4. The average molecular weight is 366 g/mol. The number of anilines is 1. The van der Waals surface area contributed by atoms with Gasteiger partial charge in [-0.1, -0.05) is 24.3 Å². The number of benzene rings is 1. The molecule has 1 spiro atoms. The van der Waals surface area contributed by atoms with Crippen LogP contribution in [0.2, 0.25) is 0 Å². The minimum absolute atomic E-state index is 0.0102. The summed E-state index contributed by atoms with van der Waals surface area (Å²) in [6.07, 6.45) is 4.27. The largest absolute Gasteiger partial charge is 0.550 e. The minimum Gasteiger partial charge on any atom is -0.550 e. The highest BCUT2D eigenvalue weighted by Crippen LogP contribution is 2.64. The van der Waals surface area contributed by atoms with Crippen molar-refractivity contribution in [2.45, 2.75) is 42.9 Å². The van der Waals surface area contributed by atoms with E-state index in [2.05, 4.69) is 42.7 Å². The van der Waals surface area contributed by atoms with Crippen LogP contribution in [0.4, 0.5) is 5.69 Å². The van der Waals surface area contributed by atoms with E-state index in [0.717, 1.165) is 23.9 Å². The first kappa shape index (κ1) is 16.1. The van der Waals surface area contributed by atoms with Crippen LogP contribution in [0.3, 0.4) is 0 Å². The Balaban J connectivity index is 1.55. The number of fused-ring (bicyclic) bond motifs is 2. The van der Waals surface area contributed by atoms with Gasteiger partial charge in [0, 0.05) is 42.9 Å². The predicted octanol–water partition coefficient (Wildman–Crippen LogP) is 1.05. The zero-order chi connectivity index (χ0) is 18.4. The monoisotopic (exact) mass is 366 g/mol. The van der Waals surface area contributed by atoms with E-state index in [4.69, 9.17) is 4.74 Å². The summed E-state index contributed by atoms with van der Waals surface area (Å²) in [5.41, 5.74) is 4.28. The molecule has 6 rings (SSSR count). The fourth-order valence-electron chi connectivity index (χ4n) is 7.57. The van der Waals surface area contributed by atoms with Crippen molar-refractivity contribution in [3.8, 4) is 0 Å². The molecule has 4 heterocycles. The highest BCUT2D eigenvalue weighted by atomic mass is 16.5. The summed E-state index contributed by atoms with van der Waals surface area (Å²) in [7, 11) is 2.43. The number of aliphatic carboxylic acids is 1. The summed E-state index contributed by atoms with van der Waals surface area (Å²) in [6, 6.07) is 9.58. The van der Waals surface area contributed by atoms with E-state index in [-0.39, 0.29) is 29.9 Å². The molecule has 1 unspecified atom stereocenters. The Morgan fingerprint density at radius 3 is 3.11 bits per heavy atom. The van der Waals surface area contributed by atoms with Crippen LogP contribution in [-0.2, 0) is 14.9 Å². The lowest BCUT2D eigenvalue weighted by Crippen LogP contribution is -2.68. The number of carbonyl (C=O) groups excluding carboxylic acids is 1. The molecule has 1 aromatic rings. The van der Waals surface area contributed by atoms with Gasteiger partial charge in [-0.25, -0.2) is 0 Å². The van der Waals surface area contributed by atoms with Gasteiger partial charge < -0.3 is 24.4 Å². The average Bonchev–Trinajstić information content (AvgIpc) is 3.08. The normalized spacial score (nSPS) is 46.0. The Kier molecular flexibility index (Phi) is 3.08. The van der Waals surface area contributed by atoms with Crippen LogP contribution in [-0.4, -0.2) is 55.4 Å². The van der Waals surface area contributed by atoms with Gasteiger partial charge in [-0.3, -0.25) is 0 Å². The molecule has 5 heteroatoms. The van der Waals surface area contributed by atoms with Crippen LogP contribution in [0.25, 0.3) is 0 Å². The number of hydrogen-bond donors (Lipinski definition) is 1. The number of ether oxygens (including phenoxy) is 1. The van der Waals surface area contributed by atoms with Crippen molar-refractivity contribution in [3.05, 3.63) is 41.5 Å². The molecule has 0 radical (unpaired) electrons. The number of quaternary nitrogens is 1. The lowest BCUT2D eigenvalue weighted by Gasteiger charge is -2.57. The van der Waals surface area contributed by atoms with Crippen molar-refractivity contribution < 1.29 is 19.1 Å². The fourth-order valence-corrected chi connectivity index (χ4v) is 7.57. The fraction of sp³-hybridized carbons (Fsp3) is 0.591. The summed E-state index contributed by atoms with van der Waals surface area (Å²) < 4.78 is 7.25. The molecule has 142 valence electrons. The third kappa shape index (κ3) is 1.89. The summed E-state index contributed by atoms with van der Waals surface area (Å²) >= 11 is 0. The molecule has 1 aromatic carbocycles. The summed E-state index contributed by atoms with van der Waals surface area (Å²) in [6.45, 7) is 2.81. The first-order chi connectivity index (χ1) is 13.0. The maximum absolute atomic E-state index is 11.5. The van der Waals surface area contributed by atoms with Gasteiger partial charge in [0.2, 0.25) is 0 Å². The number of nitrogens with one attached hydrogen (secondary N) is 1. The van der Waals surface area contributed by atoms with Crippen molar-refractivity contribution in [2.24, 2.45) is 11.8 Å². The number of para-hydroxylation sites is 1. The van der Waals surface area contributed by atoms with E-state index in [9.17, 15) is 9.90 Å². The summed E-state index contributed by atoms with van der Waals surface area (Å²) in [5.74, 6) is -0.392. The van der Waals surface area contributed by atoms with Gasteiger partial charge >= 0.3 is 0 Å². The van der Waals surface area contributed by atoms with Crippen molar-refractivity contribution in [1.82, 2.24) is 0 Å². The first-order valence-corrected chi connectivity index (χ1v) is 10.2. The molecule has 0 amide bonds. The standard InChI is InChI=1S/C22H26N2O3/c1-24-8-7-22-15-4-2-3-5-16(15)23-21(22)20-14(10-18(22)24)13(12-24)6-9-27-17(20)11-19(25)26/h2-6,14,17-18,20-21,23H,7-12H2,1H3/t14-,17-,18-,20-,21-,22+,24?/m0/s1. The maximum atomic E-state index is 11.5. The maximum Gasteiger partial charge on any atom is 0.102 e. The summed E-state index contributed by atoms with van der Waals surface area (Å²) in [4.78, 5) is 11.5. The molecule has 7 atom stereocenters. The van der Waals surface area contributed by atoms with Crippen molar-refractivity contribution >= 4 is 11.7 Å². The second kappa shape index (κ2) is 5.15. The van der Waals surface area contributed by atoms with E-state index in [1.54, 1.807) is 0 Å². The Morgan fingerprint density at radius 1 is 1.41 bits per heavy atom. The number of carboxylic acid groups (broad SMARTS) is 1. The van der Waals surface area contributed by atoms with E-state index < -0.39 is 5.97 Å². The van der Waals surface area contributed by atoms with Gasteiger partial charge in [-0.05, 0) is 23.1 Å². The molecule has 2 saturated heterocycles. The van der Waals surface area contributed by atoms with Crippen LogP contribution in [0, 0.1) is 11.8 Å². The van der Waals surface area contributed by atoms with Crippen LogP contribution >= 0.6 is 0 Å². The molecule has 1 aliphatic carbocycles. The molecule has 5 aliphatic rings. The second-order valence-electron chi connectivity index (χ2n) is 9.48. The van der Waals surface area contributed by atoms with Crippen LogP contribution < -0.4 is 10.4 Å². The molecule has 1 saturated carbocycles. The van der Waals surface area contributed by atoms with Gasteiger partial charge in [0.15, 0.2) is 0 Å². The van der Waals surface area contributed by atoms with Crippen LogP contribution in [0.15, 0.2) is 35.9 Å². The topological polar surface area (TPSA) is 61.4 Å². The lowest BCUT2D eigenvalue weighted by molar-refractivity contribution is -0.924. The number of carboxylic acids is 1. The van der Waals surface area contributed by atoms with Crippen LogP contribution in [0.5, 0.6) is 0 Å². The van der Waals surface area contributed by atoms with E-state index in [1.807, 2.05) is 0 Å². The minimum atomic E-state index is -1.00. The smallest absolute Gasteiger partial charge is 0.102 e. The molecule has 27 heavy (non-hydrogen) atoms. The van der Waals surface area contributed by atoms with E-state index in [0.29, 0.717) is 18.6 Å². The number of piperidine rings is 1. The van der Waals surface area contributed by atoms with Gasteiger partial charge in [0.05, 0.1) is 31.7 Å². The zero-order valence-corrected chi connectivity index (χ0v) is 15.7. The second-order valence-corrected chi connectivity index (χ2v) is 9.48.